The third-order valence-corrected chi connectivity index (χ3v) is 4.86. The molecule has 158 valence electrons. The first-order valence-electron chi connectivity index (χ1n) is 9.22. The van der Waals surface area contributed by atoms with Crippen molar-refractivity contribution in [2.45, 2.75) is 12.1 Å². The molecular weight excluding hydrogens is 408 g/mol. The number of pyridine rings is 1. The highest BCUT2D eigenvalue weighted by molar-refractivity contribution is 6.02. The van der Waals surface area contributed by atoms with Gasteiger partial charge in [-0.05, 0) is 18.2 Å². The summed E-state index contributed by atoms with van der Waals surface area (Å²) in [5.74, 6) is -2.80. The highest BCUT2D eigenvalue weighted by atomic mass is 19.1. The van der Waals surface area contributed by atoms with Gasteiger partial charge in [0.2, 0.25) is 0 Å². The maximum atomic E-state index is 14.5. The van der Waals surface area contributed by atoms with E-state index < -0.39 is 29.7 Å². The molecule has 0 radical (unpaired) electrons. The van der Waals surface area contributed by atoms with E-state index in [2.05, 4.69) is 20.4 Å². The number of fused-ring (bicyclic) bond motifs is 1. The van der Waals surface area contributed by atoms with Gasteiger partial charge in [0.15, 0.2) is 5.75 Å². The fourth-order valence-electron chi connectivity index (χ4n) is 3.32. The van der Waals surface area contributed by atoms with Crippen molar-refractivity contribution in [1.82, 2.24) is 25.1 Å². The molecule has 10 heteroatoms. The van der Waals surface area contributed by atoms with E-state index in [-0.39, 0.29) is 28.9 Å². The molecule has 1 atom stereocenters. The summed E-state index contributed by atoms with van der Waals surface area (Å²) in [5, 5.41) is 28.7. The summed E-state index contributed by atoms with van der Waals surface area (Å²) in [6.45, 7) is -0.713. The molecule has 1 unspecified atom stereocenters. The van der Waals surface area contributed by atoms with Crippen LogP contribution in [0.4, 0.5) is 8.78 Å². The minimum atomic E-state index is -1.98. The highest BCUT2D eigenvalue weighted by Crippen LogP contribution is 2.28. The Labute approximate surface area is 174 Å². The summed E-state index contributed by atoms with van der Waals surface area (Å²) in [5.41, 5.74) is -2.02. The number of hydrogen-bond donors (Lipinski definition) is 3. The molecule has 31 heavy (non-hydrogen) atoms. The number of benzene rings is 2. The second-order valence-corrected chi connectivity index (χ2v) is 6.97. The Bertz CT molecular complexity index is 1250. The van der Waals surface area contributed by atoms with Gasteiger partial charge >= 0.3 is 0 Å². The maximum absolute atomic E-state index is 14.5. The van der Waals surface area contributed by atoms with Gasteiger partial charge in [0.25, 0.3) is 5.91 Å². The number of halogens is 2. The Morgan fingerprint density at radius 1 is 1.19 bits per heavy atom. The quantitative estimate of drug-likeness (QED) is 0.436. The minimum absolute atomic E-state index is 0.0612. The molecule has 0 spiro atoms. The molecule has 4 aromatic rings. The van der Waals surface area contributed by atoms with Gasteiger partial charge < -0.3 is 15.5 Å². The molecule has 0 saturated carbocycles. The Hall–Kier alpha value is -3.92. The van der Waals surface area contributed by atoms with Crippen LogP contribution in [0.2, 0.25) is 0 Å². The number of carbonyl (C=O) groups excluding carboxylic acids is 1. The summed E-state index contributed by atoms with van der Waals surface area (Å²) in [6.07, 6.45) is 4.03. The number of aromatic hydroxyl groups is 1. The number of carbonyl (C=O) groups is 1. The van der Waals surface area contributed by atoms with Gasteiger partial charge in [0.05, 0.1) is 18.7 Å². The van der Waals surface area contributed by atoms with Gasteiger partial charge in [0, 0.05) is 23.2 Å². The van der Waals surface area contributed by atoms with Crippen LogP contribution in [-0.4, -0.2) is 42.4 Å². The van der Waals surface area contributed by atoms with Crippen LogP contribution in [0.3, 0.4) is 0 Å². The van der Waals surface area contributed by atoms with Crippen LogP contribution in [0, 0.1) is 11.6 Å². The number of nitrogens with one attached hydrogen (secondary N) is 1. The Balaban J connectivity index is 1.63. The monoisotopic (exact) mass is 425 g/mol. The zero-order chi connectivity index (χ0) is 22.0. The highest BCUT2D eigenvalue weighted by Gasteiger charge is 2.34. The van der Waals surface area contributed by atoms with E-state index in [1.165, 1.54) is 29.6 Å². The molecule has 2 aromatic carbocycles. The standard InChI is InChI=1S/C21H17F2N5O3/c22-14-4-6-16(17(23)8-14)21(31,10-28-12-24-11-27-28)9-26-20(30)15-5-3-13-2-1-7-25-18(13)19(15)29/h1-8,11-12,29,31H,9-10H2,(H,26,30). The molecular formula is C21H17F2N5O3. The first-order valence-corrected chi connectivity index (χ1v) is 9.22. The summed E-state index contributed by atoms with van der Waals surface area (Å²) < 4.78 is 29.1. The van der Waals surface area contributed by atoms with E-state index in [1.807, 2.05) is 0 Å². The molecule has 0 aliphatic rings. The van der Waals surface area contributed by atoms with E-state index >= 15 is 0 Å². The SMILES string of the molecule is O=C(NCC(O)(Cn1cncn1)c1ccc(F)cc1F)c1ccc2cccnc2c1O. The zero-order valence-corrected chi connectivity index (χ0v) is 16.0. The maximum Gasteiger partial charge on any atom is 0.255 e. The summed E-state index contributed by atoms with van der Waals surface area (Å²) in [4.78, 5) is 20.6. The van der Waals surface area contributed by atoms with E-state index in [0.29, 0.717) is 11.5 Å². The minimum Gasteiger partial charge on any atom is -0.505 e. The first kappa shape index (κ1) is 20.4. The molecule has 0 saturated heterocycles. The van der Waals surface area contributed by atoms with E-state index in [0.717, 1.165) is 12.1 Å². The number of aliphatic hydroxyl groups is 1. The second kappa shape index (κ2) is 8.07. The predicted octanol–water partition coefficient (Wildman–Crippen LogP) is 2.13. The Kier molecular flexibility index (Phi) is 5.30. The Morgan fingerprint density at radius 2 is 2.03 bits per heavy atom. The largest absolute Gasteiger partial charge is 0.505 e. The Morgan fingerprint density at radius 3 is 2.77 bits per heavy atom. The average molecular weight is 425 g/mol. The zero-order valence-electron chi connectivity index (χ0n) is 16.0. The predicted molar refractivity (Wildman–Crippen MR) is 106 cm³/mol. The number of aromatic nitrogens is 4. The average Bonchev–Trinajstić information content (AvgIpc) is 3.25. The van der Waals surface area contributed by atoms with Gasteiger partial charge in [-0.1, -0.05) is 18.2 Å². The molecule has 0 bridgehead atoms. The number of amides is 1. The van der Waals surface area contributed by atoms with Crippen molar-refractivity contribution in [1.29, 1.82) is 0 Å². The lowest BCUT2D eigenvalue weighted by Gasteiger charge is -2.29. The van der Waals surface area contributed by atoms with Crippen LogP contribution < -0.4 is 5.32 Å². The van der Waals surface area contributed by atoms with Crippen LogP contribution >= 0.6 is 0 Å². The number of phenols is 1. The van der Waals surface area contributed by atoms with Crippen LogP contribution in [-0.2, 0) is 12.1 Å². The van der Waals surface area contributed by atoms with E-state index in [9.17, 15) is 23.8 Å². The molecule has 0 aliphatic heterocycles. The third-order valence-electron chi connectivity index (χ3n) is 4.86. The van der Waals surface area contributed by atoms with Gasteiger partial charge in [-0.15, -0.1) is 0 Å². The number of phenolic OH excluding ortho intramolecular Hbond substituents is 1. The lowest BCUT2D eigenvalue weighted by Crippen LogP contribution is -2.44. The van der Waals surface area contributed by atoms with Crippen molar-refractivity contribution in [3.63, 3.8) is 0 Å². The van der Waals surface area contributed by atoms with Crippen molar-refractivity contribution in [2.75, 3.05) is 6.54 Å². The van der Waals surface area contributed by atoms with Crippen LogP contribution in [0.5, 0.6) is 5.75 Å². The topological polar surface area (TPSA) is 113 Å². The van der Waals surface area contributed by atoms with Crippen molar-refractivity contribution < 1.29 is 23.8 Å². The number of rotatable bonds is 6. The van der Waals surface area contributed by atoms with Gasteiger partial charge in [-0.3, -0.25) is 9.78 Å². The number of nitrogens with zero attached hydrogens (tertiary/aromatic N) is 4. The third kappa shape index (κ3) is 4.05. The van der Waals surface area contributed by atoms with Crippen molar-refractivity contribution in [2.24, 2.45) is 0 Å². The lowest BCUT2D eigenvalue weighted by atomic mass is 9.92. The van der Waals surface area contributed by atoms with Crippen molar-refractivity contribution in [3.05, 3.63) is 84.1 Å². The van der Waals surface area contributed by atoms with Crippen LogP contribution in [0.25, 0.3) is 10.9 Å². The molecule has 0 fully saturated rings. The molecule has 4 rings (SSSR count). The second-order valence-electron chi connectivity index (χ2n) is 6.97. The smallest absolute Gasteiger partial charge is 0.255 e. The molecule has 2 aromatic heterocycles. The van der Waals surface area contributed by atoms with E-state index in [1.54, 1.807) is 18.2 Å². The molecule has 3 N–H and O–H groups in total. The van der Waals surface area contributed by atoms with Crippen LogP contribution in [0.1, 0.15) is 15.9 Å². The van der Waals surface area contributed by atoms with E-state index in [4.69, 9.17) is 0 Å². The number of hydrogen-bond acceptors (Lipinski definition) is 6. The first-order chi connectivity index (χ1) is 14.9. The summed E-state index contributed by atoms with van der Waals surface area (Å²) in [7, 11) is 0. The van der Waals surface area contributed by atoms with Crippen molar-refractivity contribution >= 4 is 16.8 Å². The van der Waals surface area contributed by atoms with Gasteiger partial charge in [-0.2, -0.15) is 5.10 Å². The summed E-state index contributed by atoms with van der Waals surface area (Å²) in [6, 6.07) is 9.23. The molecule has 1 amide bonds. The normalized spacial score (nSPS) is 13.1. The summed E-state index contributed by atoms with van der Waals surface area (Å²) >= 11 is 0. The molecule has 0 aliphatic carbocycles. The molecule has 8 nitrogen and oxygen atoms in total. The van der Waals surface area contributed by atoms with Crippen LogP contribution in [0.15, 0.2) is 61.3 Å². The molecule has 2 heterocycles. The van der Waals surface area contributed by atoms with Gasteiger partial charge in [0.1, 0.15) is 35.4 Å². The van der Waals surface area contributed by atoms with Crippen molar-refractivity contribution in [3.8, 4) is 5.75 Å². The fraction of sp³-hybridized carbons (Fsp3) is 0.143. The van der Waals surface area contributed by atoms with Gasteiger partial charge in [-0.25, -0.2) is 18.4 Å². The lowest BCUT2D eigenvalue weighted by molar-refractivity contribution is 0.0120. The fourth-order valence-corrected chi connectivity index (χ4v) is 3.32.